The van der Waals surface area contributed by atoms with Gasteiger partial charge in [0.25, 0.3) is 0 Å². The zero-order valence-corrected chi connectivity index (χ0v) is 7.18. The molecule has 0 N–H and O–H groups in total. The summed E-state index contributed by atoms with van der Waals surface area (Å²) in [5, 5.41) is 0. The van der Waals surface area contributed by atoms with Crippen LogP contribution >= 0.6 is 0 Å². The van der Waals surface area contributed by atoms with Crippen LogP contribution in [0.4, 0.5) is 0 Å². The highest BCUT2D eigenvalue weighted by molar-refractivity contribution is 4.86. The quantitative estimate of drug-likeness (QED) is 0.503. The molecule has 1 saturated heterocycles. The normalized spacial score (nSPS) is 34.8. The van der Waals surface area contributed by atoms with Gasteiger partial charge in [-0.05, 0) is 24.7 Å². The Balaban J connectivity index is 2.55. The van der Waals surface area contributed by atoms with Gasteiger partial charge in [-0.25, -0.2) is 0 Å². The molecule has 1 heteroatoms. The molecule has 0 bridgehead atoms. The second kappa shape index (κ2) is 2.54. The van der Waals surface area contributed by atoms with E-state index in [1.54, 1.807) is 0 Å². The summed E-state index contributed by atoms with van der Waals surface area (Å²) in [5.74, 6) is 0.646. The fourth-order valence-electron chi connectivity index (χ4n) is 1.64. The van der Waals surface area contributed by atoms with E-state index in [9.17, 15) is 0 Å². The minimum Gasteiger partial charge on any atom is -0.378 e. The molecule has 0 aromatic heterocycles. The molecule has 1 radical (unpaired) electrons. The molecule has 1 fully saturated rings. The van der Waals surface area contributed by atoms with E-state index in [4.69, 9.17) is 4.74 Å². The van der Waals surface area contributed by atoms with Crippen LogP contribution in [0.25, 0.3) is 0 Å². The lowest BCUT2D eigenvalue weighted by atomic mass is 9.77. The molecule has 0 spiro atoms. The van der Waals surface area contributed by atoms with E-state index < -0.39 is 0 Å². The second-order valence-electron chi connectivity index (χ2n) is 4.17. The monoisotopic (exact) mass is 141 g/mol. The van der Waals surface area contributed by atoms with Crippen molar-refractivity contribution in [2.45, 2.75) is 33.3 Å². The van der Waals surface area contributed by atoms with E-state index in [1.165, 1.54) is 6.42 Å². The smallest absolute Gasteiger partial charge is 0.0610 e. The Morgan fingerprint density at radius 1 is 1.40 bits per heavy atom. The first kappa shape index (κ1) is 8.06. The lowest BCUT2D eigenvalue weighted by molar-refractivity contribution is 0.0920. The van der Waals surface area contributed by atoms with Crippen LogP contribution in [0.3, 0.4) is 0 Å². The van der Waals surface area contributed by atoms with Crippen LogP contribution in [0, 0.1) is 18.3 Å². The molecule has 0 amide bonds. The lowest BCUT2D eigenvalue weighted by Gasteiger charge is -2.28. The maximum atomic E-state index is 5.38. The molecular formula is C9H17O. The van der Waals surface area contributed by atoms with Gasteiger partial charge in [-0.2, -0.15) is 0 Å². The maximum absolute atomic E-state index is 5.38. The topological polar surface area (TPSA) is 9.23 Å². The summed E-state index contributed by atoms with van der Waals surface area (Å²) in [4.78, 5) is 0. The zero-order chi connectivity index (χ0) is 7.78. The summed E-state index contributed by atoms with van der Waals surface area (Å²) in [7, 11) is 0. The van der Waals surface area contributed by atoms with Crippen LogP contribution in [0.15, 0.2) is 0 Å². The van der Waals surface area contributed by atoms with Crippen molar-refractivity contribution in [1.82, 2.24) is 0 Å². The number of ether oxygens (including phenoxy) is 1. The number of hydrogen-bond acceptors (Lipinski definition) is 1. The second-order valence-corrected chi connectivity index (χ2v) is 4.17. The van der Waals surface area contributed by atoms with Gasteiger partial charge in [-0.15, -0.1) is 0 Å². The average molecular weight is 141 g/mol. The van der Waals surface area contributed by atoms with Gasteiger partial charge in [-0.1, -0.05) is 20.8 Å². The van der Waals surface area contributed by atoms with Crippen LogP contribution in [0.5, 0.6) is 0 Å². The van der Waals surface area contributed by atoms with Crippen molar-refractivity contribution >= 4 is 0 Å². The molecule has 0 aromatic rings. The largest absolute Gasteiger partial charge is 0.378 e. The molecular weight excluding hydrogens is 124 g/mol. The van der Waals surface area contributed by atoms with E-state index in [2.05, 4.69) is 27.7 Å². The summed E-state index contributed by atoms with van der Waals surface area (Å²) in [6, 6.07) is 0. The Morgan fingerprint density at radius 2 is 2.00 bits per heavy atom. The van der Waals surface area contributed by atoms with Crippen LogP contribution in [0.1, 0.15) is 27.2 Å². The van der Waals surface area contributed by atoms with E-state index in [1.807, 2.05) is 0 Å². The van der Waals surface area contributed by atoms with Crippen molar-refractivity contribution in [2.24, 2.45) is 11.3 Å². The van der Waals surface area contributed by atoms with E-state index in [0.29, 0.717) is 11.3 Å². The van der Waals surface area contributed by atoms with Gasteiger partial charge in [0.2, 0.25) is 0 Å². The Kier molecular flexibility index (Phi) is 2.04. The molecule has 1 nitrogen and oxygen atoms in total. The van der Waals surface area contributed by atoms with Crippen molar-refractivity contribution in [3.8, 4) is 0 Å². The molecule has 0 unspecified atom stereocenters. The van der Waals surface area contributed by atoms with Crippen LogP contribution in [-0.4, -0.2) is 12.7 Å². The van der Waals surface area contributed by atoms with Crippen LogP contribution in [-0.2, 0) is 4.74 Å². The van der Waals surface area contributed by atoms with Gasteiger partial charge in [0.05, 0.1) is 6.10 Å². The molecule has 0 saturated carbocycles. The Morgan fingerprint density at radius 3 is 2.20 bits per heavy atom. The molecule has 0 aromatic carbocycles. The van der Waals surface area contributed by atoms with E-state index in [0.717, 1.165) is 6.61 Å². The lowest BCUT2D eigenvalue weighted by Crippen LogP contribution is -2.26. The van der Waals surface area contributed by atoms with Crippen molar-refractivity contribution in [3.05, 3.63) is 6.92 Å². The highest BCUT2D eigenvalue weighted by Gasteiger charge is 2.33. The van der Waals surface area contributed by atoms with Crippen molar-refractivity contribution in [1.29, 1.82) is 0 Å². The summed E-state index contributed by atoms with van der Waals surface area (Å²) in [6.07, 6.45) is 1.40. The van der Waals surface area contributed by atoms with Crippen LogP contribution in [0.2, 0.25) is 0 Å². The van der Waals surface area contributed by atoms with E-state index >= 15 is 0 Å². The van der Waals surface area contributed by atoms with Crippen molar-refractivity contribution < 1.29 is 4.74 Å². The predicted octanol–water partition coefficient (Wildman–Crippen LogP) is 2.27. The Bertz CT molecular complexity index is 112. The van der Waals surface area contributed by atoms with E-state index in [-0.39, 0.29) is 6.10 Å². The predicted molar refractivity (Wildman–Crippen MR) is 42.7 cm³/mol. The Hall–Kier alpha value is -0.0400. The first-order chi connectivity index (χ1) is 4.52. The number of hydrogen-bond donors (Lipinski definition) is 0. The maximum Gasteiger partial charge on any atom is 0.0610 e. The fraction of sp³-hybridized carbons (Fsp3) is 0.889. The minimum absolute atomic E-state index is 0.222. The number of rotatable bonds is 0. The highest BCUT2D eigenvalue weighted by atomic mass is 16.5. The molecule has 0 aliphatic carbocycles. The first-order valence-electron chi connectivity index (χ1n) is 3.96. The fourth-order valence-corrected chi connectivity index (χ4v) is 1.64. The molecule has 10 heavy (non-hydrogen) atoms. The third-order valence-electron chi connectivity index (χ3n) is 2.32. The van der Waals surface area contributed by atoms with Gasteiger partial charge >= 0.3 is 0 Å². The van der Waals surface area contributed by atoms with Gasteiger partial charge < -0.3 is 4.74 Å². The SMILES string of the molecule is [CH2][C@@H]1OCC[C@H]1C(C)(C)C. The highest BCUT2D eigenvalue weighted by Crippen LogP contribution is 2.36. The molecule has 1 rings (SSSR count). The van der Waals surface area contributed by atoms with Gasteiger partial charge in [-0.3, -0.25) is 0 Å². The summed E-state index contributed by atoms with van der Waals surface area (Å²) in [5.41, 5.74) is 0.364. The third-order valence-corrected chi connectivity index (χ3v) is 2.32. The average Bonchev–Trinajstić information content (AvgIpc) is 2.11. The Labute approximate surface area is 63.8 Å². The molecule has 59 valence electrons. The van der Waals surface area contributed by atoms with Gasteiger partial charge in [0, 0.05) is 6.61 Å². The molecule has 1 heterocycles. The summed E-state index contributed by atoms with van der Waals surface area (Å²) >= 11 is 0. The standard InChI is InChI=1S/C9H17O/c1-7-8(5-6-10-7)9(2,3)4/h7-8H,1,5-6H2,2-4H3/t7-,8+/m0/s1. The van der Waals surface area contributed by atoms with Gasteiger partial charge in [0.1, 0.15) is 0 Å². The zero-order valence-electron chi connectivity index (χ0n) is 7.18. The minimum atomic E-state index is 0.222. The third kappa shape index (κ3) is 1.51. The van der Waals surface area contributed by atoms with Crippen LogP contribution < -0.4 is 0 Å². The van der Waals surface area contributed by atoms with Gasteiger partial charge in [0.15, 0.2) is 0 Å². The summed E-state index contributed by atoms with van der Waals surface area (Å²) in [6.45, 7) is 11.6. The van der Waals surface area contributed by atoms with Crippen molar-refractivity contribution in [2.75, 3.05) is 6.61 Å². The summed E-state index contributed by atoms with van der Waals surface area (Å²) < 4.78 is 5.38. The molecule has 1 aliphatic heterocycles. The first-order valence-corrected chi connectivity index (χ1v) is 3.96. The molecule has 1 aliphatic rings. The molecule has 2 atom stereocenters. The van der Waals surface area contributed by atoms with Crippen molar-refractivity contribution in [3.63, 3.8) is 0 Å².